The van der Waals surface area contributed by atoms with Gasteiger partial charge in [-0.15, -0.1) is 0 Å². The van der Waals surface area contributed by atoms with Gasteiger partial charge in [-0.25, -0.2) is 4.39 Å². The van der Waals surface area contributed by atoms with Gasteiger partial charge in [0.05, 0.1) is 5.57 Å². The summed E-state index contributed by atoms with van der Waals surface area (Å²) in [5.74, 6) is -1.19. The molecule has 0 atom stereocenters. The number of carbonyl (C=O) groups excluding carboxylic acids is 2. The Bertz CT molecular complexity index is 951. The molecule has 7 heteroatoms. The van der Waals surface area contributed by atoms with Gasteiger partial charge in [0.1, 0.15) is 11.5 Å². The third-order valence-corrected chi connectivity index (χ3v) is 5.30. The van der Waals surface area contributed by atoms with Gasteiger partial charge in [-0.1, -0.05) is 12.1 Å². The Hall–Kier alpha value is -3.19. The summed E-state index contributed by atoms with van der Waals surface area (Å²) in [6.07, 6.45) is 0.538. The Morgan fingerprint density at radius 2 is 1.61 bits per heavy atom. The molecule has 2 aromatic rings. The van der Waals surface area contributed by atoms with E-state index in [2.05, 4.69) is 24.1 Å². The van der Waals surface area contributed by atoms with Gasteiger partial charge in [-0.3, -0.25) is 14.5 Å². The van der Waals surface area contributed by atoms with Gasteiger partial charge in [0, 0.05) is 44.7 Å². The van der Waals surface area contributed by atoms with Crippen LogP contribution in [0.4, 0.5) is 15.8 Å². The van der Waals surface area contributed by atoms with Crippen LogP contribution in [-0.4, -0.2) is 50.1 Å². The number of nitrogens with one attached hydrogen (secondary N) is 1. The van der Waals surface area contributed by atoms with Gasteiger partial charge < -0.3 is 15.0 Å². The number of imide groups is 1. The van der Waals surface area contributed by atoms with Crippen LogP contribution in [-0.2, 0) is 14.3 Å². The van der Waals surface area contributed by atoms with Crippen molar-refractivity contribution in [1.82, 2.24) is 4.90 Å². The van der Waals surface area contributed by atoms with E-state index in [1.807, 2.05) is 24.3 Å². The van der Waals surface area contributed by atoms with Crippen molar-refractivity contribution in [3.8, 4) is 0 Å². The minimum absolute atomic E-state index is 0.199. The molecular formula is C24H28FN3O3. The summed E-state index contributed by atoms with van der Waals surface area (Å²) in [7, 11) is 1.57. The molecule has 164 valence electrons. The van der Waals surface area contributed by atoms with E-state index in [-0.39, 0.29) is 17.8 Å². The standard InChI is InChI=1S/C24H28FN3O3/c1-4-27(5-2)20-13-11-19(12-14-20)26-22-21(17-7-9-18(25)10-8-17)23(29)28(24(22)30)15-6-16-31-3/h7-14,26H,4-6,15-16H2,1-3H3. The van der Waals surface area contributed by atoms with Crippen molar-refractivity contribution in [3.05, 3.63) is 65.6 Å². The number of carbonyl (C=O) groups is 2. The normalized spacial score (nSPS) is 13.9. The van der Waals surface area contributed by atoms with Crippen molar-refractivity contribution in [2.24, 2.45) is 0 Å². The van der Waals surface area contributed by atoms with E-state index in [1.165, 1.54) is 29.2 Å². The lowest BCUT2D eigenvalue weighted by Gasteiger charge is -2.21. The molecule has 0 unspecified atom stereocenters. The van der Waals surface area contributed by atoms with Crippen LogP contribution in [0.2, 0.25) is 0 Å². The summed E-state index contributed by atoms with van der Waals surface area (Å²) in [5, 5.41) is 3.13. The number of amides is 2. The maximum absolute atomic E-state index is 13.4. The second-order valence-corrected chi connectivity index (χ2v) is 7.21. The topological polar surface area (TPSA) is 61.9 Å². The predicted molar refractivity (Wildman–Crippen MR) is 120 cm³/mol. The van der Waals surface area contributed by atoms with Crippen LogP contribution in [0.1, 0.15) is 25.8 Å². The van der Waals surface area contributed by atoms with Crippen molar-refractivity contribution in [2.75, 3.05) is 43.6 Å². The molecule has 2 amide bonds. The highest BCUT2D eigenvalue weighted by Crippen LogP contribution is 2.31. The molecule has 31 heavy (non-hydrogen) atoms. The molecule has 0 saturated heterocycles. The van der Waals surface area contributed by atoms with Crippen LogP contribution in [0.3, 0.4) is 0 Å². The molecular weight excluding hydrogens is 397 g/mol. The van der Waals surface area contributed by atoms with Gasteiger partial charge in [0.15, 0.2) is 0 Å². The van der Waals surface area contributed by atoms with E-state index in [9.17, 15) is 14.0 Å². The molecule has 1 N–H and O–H groups in total. The van der Waals surface area contributed by atoms with E-state index in [4.69, 9.17) is 4.74 Å². The number of ether oxygens (including phenoxy) is 1. The predicted octanol–water partition coefficient (Wildman–Crippen LogP) is 3.90. The van der Waals surface area contributed by atoms with Crippen LogP contribution in [0.25, 0.3) is 5.57 Å². The van der Waals surface area contributed by atoms with E-state index in [0.717, 1.165) is 18.8 Å². The average molecular weight is 426 g/mol. The highest BCUT2D eigenvalue weighted by molar-refractivity contribution is 6.36. The molecule has 0 spiro atoms. The highest BCUT2D eigenvalue weighted by atomic mass is 19.1. The SMILES string of the molecule is CCN(CC)c1ccc(NC2=C(c3ccc(F)cc3)C(=O)N(CCCOC)C2=O)cc1. The van der Waals surface area contributed by atoms with E-state index in [0.29, 0.717) is 24.3 Å². The van der Waals surface area contributed by atoms with Crippen molar-refractivity contribution in [1.29, 1.82) is 0 Å². The second kappa shape index (κ2) is 10.2. The average Bonchev–Trinajstić information content (AvgIpc) is 3.01. The van der Waals surface area contributed by atoms with Crippen LogP contribution in [0, 0.1) is 5.82 Å². The summed E-state index contributed by atoms with van der Waals surface area (Å²) < 4.78 is 18.5. The van der Waals surface area contributed by atoms with Crippen LogP contribution in [0.5, 0.6) is 0 Å². The Morgan fingerprint density at radius 3 is 2.19 bits per heavy atom. The quantitative estimate of drug-likeness (QED) is 0.462. The molecule has 0 radical (unpaired) electrons. The van der Waals surface area contributed by atoms with Gasteiger partial charge in [-0.2, -0.15) is 0 Å². The fourth-order valence-corrected chi connectivity index (χ4v) is 3.64. The third-order valence-electron chi connectivity index (χ3n) is 5.30. The molecule has 6 nitrogen and oxygen atoms in total. The zero-order valence-corrected chi connectivity index (χ0v) is 18.2. The van der Waals surface area contributed by atoms with Crippen LogP contribution < -0.4 is 10.2 Å². The summed E-state index contributed by atoms with van der Waals surface area (Å²) >= 11 is 0. The van der Waals surface area contributed by atoms with Crippen molar-refractivity contribution in [2.45, 2.75) is 20.3 Å². The first-order valence-electron chi connectivity index (χ1n) is 10.5. The Balaban J connectivity index is 1.93. The van der Waals surface area contributed by atoms with Gasteiger partial charge >= 0.3 is 0 Å². The first-order chi connectivity index (χ1) is 15.0. The lowest BCUT2D eigenvalue weighted by Crippen LogP contribution is -2.33. The van der Waals surface area contributed by atoms with Gasteiger partial charge in [-0.05, 0) is 62.2 Å². The fraction of sp³-hybridized carbons (Fsp3) is 0.333. The monoisotopic (exact) mass is 425 g/mol. The minimum atomic E-state index is -0.403. The lowest BCUT2D eigenvalue weighted by molar-refractivity contribution is -0.136. The first-order valence-corrected chi connectivity index (χ1v) is 10.5. The van der Waals surface area contributed by atoms with Crippen LogP contribution in [0.15, 0.2) is 54.2 Å². The fourth-order valence-electron chi connectivity index (χ4n) is 3.64. The Kier molecular flexibility index (Phi) is 7.41. The molecule has 3 rings (SSSR count). The molecule has 0 aliphatic carbocycles. The van der Waals surface area contributed by atoms with E-state index in [1.54, 1.807) is 7.11 Å². The largest absolute Gasteiger partial charge is 0.385 e. The molecule has 0 fully saturated rings. The minimum Gasteiger partial charge on any atom is -0.385 e. The molecule has 0 saturated carbocycles. The molecule has 0 aromatic heterocycles. The Labute approximate surface area is 182 Å². The number of hydrogen-bond acceptors (Lipinski definition) is 5. The summed E-state index contributed by atoms with van der Waals surface area (Å²) in [5.41, 5.74) is 2.72. The number of halogens is 1. The van der Waals surface area contributed by atoms with Crippen molar-refractivity contribution in [3.63, 3.8) is 0 Å². The zero-order chi connectivity index (χ0) is 22.4. The smallest absolute Gasteiger partial charge is 0.278 e. The third kappa shape index (κ3) is 4.94. The zero-order valence-electron chi connectivity index (χ0n) is 18.2. The maximum atomic E-state index is 13.4. The number of hydrogen-bond donors (Lipinski definition) is 1. The first kappa shape index (κ1) is 22.5. The highest BCUT2D eigenvalue weighted by Gasteiger charge is 2.38. The summed E-state index contributed by atoms with van der Waals surface area (Å²) in [6, 6.07) is 13.3. The second-order valence-electron chi connectivity index (χ2n) is 7.21. The molecule has 0 bridgehead atoms. The number of benzene rings is 2. The lowest BCUT2D eigenvalue weighted by atomic mass is 10.0. The Morgan fingerprint density at radius 1 is 0.968 bits per heavy atom. The number of anilines is 2. The molecule has 2 aromatic carbocycles. The van der Waals surface area contributed by atoms with E-state index < -0.39 is 17.6 Å². The van der Waals surface area contributed by atoms with Gasteiger partial charge in [0.2, 0.25) is 0 Å². The van der Waals surface area contributed by atoms with Crippen molar-refractivity contribution < 1.29 is 18.7 Å². The van der Waals surface area contributed by atoms with E-state index >= 15 is 0 Å². The molecule has 1 aliphatic rings. The molecule has 1 aliphatic heterocycles. The van der Waals surface area contributed by atoms with Crippen molar-refractivity contribution >= 4 is 28.8 Å². The summed E-state index contributed by atoms with van der Waals surface area (Å²) in [4.78, 5) is 29.6. The number of methoxy groups -OCH3 is 1. The van der Waals surface area contributed by atoms with Gasteiger partial charge in [0.25, 0.3) is 11.8 Å². The van der Waals surface area contributed by atoms with Crippen LogP contribution >= 0.6 is 0 Å². The molecule has 1 heterocycles. The number of rotatable bonds is 10. The summed E-state index contributed by atoms with van der Waals surface area (Å²) in [6.45, 7) is 6.67. The maximum Gasteiger partial charge on any atom is 0.278 e. The number of nitrogens with zero attached hydrogens (tertiary/aromatic N) is 2.